The second-order valence-electron chi connectivity index (χ2n) is 4.96. The fraction of sp³-hybridized carbons (Fsp3) is 0.0588. The first-order chi connectivity index (χ1) is 11.1. The van der Waals surface area contributed by atoms with Crippen molar-refractivity contribution in [2.24, 2.45) is 0 Å². The van der Waals surface area contributed by atoms with Crippen LogP contribution in [0.1, 0.15) is 26.4 Å². The van der Waals surface area contributed by atoms with Crippen LogP contribution >= 0.6 is 0 Å². The van der Waals surface area contributed by atoms with Gasteiger partial charge in [-0.15, -0.1) is 0 Å². The summed E-state index contributed by atoms with van der Waals surface area (Å²) in [5, 5.41) is 18.7. The Labute approximate surface area is 131 Å². The van der Waals surface area contributed by atoms with Crippen LogP contribution in [0, 0.1) is 0 Å². The third-order valence-corrected chi connectivity index (χ3v) is 3.51. The molecule has 0 unspecified atom stereocenters. The molecule has 23 heavy (non-hydrogen) atoms. The van der Waals surface area contributed by atoms with Gasteiger partial charge in [0, 0.05) is 12.4 Å². The second-order valence-corrected chi connectivity index (χ2v) is 4.96. The molecule has 0 spiro atoms. The Morgan fingerprint density at radius 1 is 0.913 bits per heavy atom. The number of carbonyl (C=O) groups is 2. The number of rotatable bonds is 3. The van der Waals surface area contributed by atoms with E-state index in [1.165, 1.54) is 33.8 Å². The fourth-order valence-electron chi connectivity index (χ4n) is 2.38. The lowest BCUT2D eigenvalue weighted by Gasteiger charge is -2.10. The van der Waals surface area contributed by atoms with Crippen molar-refractivity contribution < 1.29 is 19.8 Å². The Morgan fingerprint density at radius 3 is 2.22 bits per heavy atom. The summed E-state index contributed by atoms with van der Waals surface area (Å²) in [7, 11) is 0. The number of nitrogens with zero attached hydrogens (tertiary/aromatic N) is 2. The van der Waals surface area contributed by atoms with E-state index in [0.29, 0.717) is 5.69 Å². The average molecular weight is 310 g/mol. The number of aliphatic hydroxyl groups excluding tert-OH is 1. The second kappa shape index (κ2) is 5.94. The molecule has 6 heteroatoms. The van der Waals surface area contributed by atoms with Crippen LogP contribution < -0.4 is 0 Å². The number of benzene rings is 1. The largest absolute Gasteiger partial charge is 0.506 e. The van der Waals surface area contributed by atoms with Crippen LogP contribution in [-0.2, 0) is 6.61 Å². The molecule has 6 nitrogen and oxygen atoms in total. The zero-order valence-corrected chi connectivity index (χ0v) is 12.1. The number of aromatic nitrogens is 2. The summed E-state index contributed by atoms with van der Waals surface area (Å²) in [6.45, 7) is -0.277. The molecule has 0 aliphatic carbocycles. The first kappa shape index (κ1) is 14.8. The van der Waals surface area contributed by atoms with E-state index < -0.39 is 11.8 Å². The highest BCUT2D eigenvalue weighted by molar-refractivity contribution is 6.08. The molecule has 0 radical (unpaired) electrons. The molecule has 0 atom stereocenters. The van der Waals surface area contributed by atoms with Crippen molar-refractivity contribution in [2.75, 3.05) is 0 Å². The van der Waals surface area contributed by atoms with E-state index >= 15 is 0 Å². The highest BCUT2D eigenvalue weighted by Crippen LogP contribution is 2.17. The van der Waals surface area contributed by atoms with E-state index in [9.17, 15) is 19.8 Å². The molecule has 3 aromatic rings. The lowest BCUT2D eigenvalue weighted by atomic mass is 10.1. The fourth-order valence-corrected chi connectivity index (χ4v) is 2.38. The molecule has 3 rings (SSSR count). The third kappa shape index (κ3) is 2.67. The van der Waals surface area contributed by atoms with Gasteiger partial charge in [-0.25, -0.2) is 0 Å². The molecule has 0 saturated carbocycles. The Kier molecular flexibility index (Phi) is 3.82. The lowest BCUT2D eigenvalue weighted by molar-refractivity contribution is 0.0921. The number of carbonyl (C=O) groups excluding carboxylic acids is 2. The maximum Gasteiger partial charge on any atom is 0.262 e. The van der Waals surface area contributed by atoms with Crippen LogP contribution in [0.25, 0.3) is 0 Å². The van der Waals surface area contributed by atoms with Gasteiger partial charge in [-0.2, -0.15) is 0 Å². The predicted molar refractivity (Wildman–Crippen MR) is 82.4 cm³/mol. The van der Waals surface area contributed by atoms with E-state index in [1.54, 1.807) is 36.4 Å². The van der Waals surface area contributed by atoms with Crippen LogP contribution in [0.15, 0.2) is 61.1 Å². The predicted octanol–water partition coefficient (Wildman–Crippen LogP) is 1.86. The molecule has 2 heterocycles. The Morgan fingerprint density at radius 2 is 1.61 bits per heavy atom. The van der Waals surface area contributed by atoms with Crippen LogP contribution in [0.3, 0.4) is 0 Å². The SMILES string of the molecule is O=C(c1ccccc1C(=O)n1cccc1CO)n1ccc(O)c1. The normalized spacial score (nSPS) is 10.7. The van der Waals surface area contributed by atoms with Gasteiger partial charge in [-0.3, -0.25) is 18.7 Å². The minimum atomic E-state index is -0.424. The highest BCUT2D eigenvalue weighted by atomic mass is 16.3. The van der Waals surface area contributed by atoms with Gasteiger partial charge in [0.15, 0.2) is 0 Å². The zero-order chi connectivity index (χ0) is 16.4. The molecule has 0 fully saturated rings. The lowest BCUT2D eigenvalue weighted by Crippen LogP contribution is -2.20. The van der Waals surface area contributed by atoms with Gasteiger partial charge in [0.1, 0.15) is 5.75 Å². The zero-order valence-electron chi connectivity index (χ0n) is 12.1. The molecule has 0 aliphatic heterocycles. The summed E-state index contributed by atoms with van der Waals surface area (Å²) in [6.07, 6.45) is 4.24. The van der Waals surface area contributed by atoms with E-state index in [2.05, 4.69) is 0 Å². The number of aliphatic hydroxyl groups is 1. The van der Waals surface area contributed by atoms with Gasteiger partial charge >= 0.3 is 0 Å². The molecule has 0 amide bonds. The van der Waals surface area contributed by atoms with Gasteiger partial charge in [0.2, 0.25) is 0 Å². The topological polar surface area (TPSA) is 84.5 Å². The quantitative estimate of drug-likeness (QED) is 0.773. The Bertz CT molecular complexity index is 876. The standard InChI is InChI=1S/C17H14N2O4/c20-11-12-4-3-8-19(12)17(23)15-6-2-1-5-14(15)16(22)18-9-7-13(21)10-18/h1-10,20-21H,11H2. The van der Waals surface area contributed by atoms with Crippen molar-refractivity contribution in [1.29, 1.82) is 0 Å². The van der Waals surface area contributed by atoms with E-state index in [1.807, 2.05) is 0 Å². The van der Waals surface area contributed by atoms with Crippen molar-refractivity contribution >= 4 is 11.8 Å². The van der Waals surface area contributed by atoms with Crippen molar-refractivity contribution in [3.8, 4) is 5.75 Å². The molecule has 2 N–H and O–H groups in total. The summed E-state index contributed by atoms with van der Waals surface area (Å²) < 4.78 is 2.52. The molecule has 0 bridgehead atoms. The molecule has 2 aromatic heterocycles. The molecule has 1 aromatic carbocycles. The summed E-state index contributed by atoms with van der Waals surface area (Å²) in [6, 6.07) is 11.1. The molecular weight excluding hydrogens is 296 g/mol. The van der Waals surface area contributed by atoms with Gasteiger partial charge < -0.3 is 10.2 Å². The monoisotopic (exact) mass is 310 g/mol. The number of hydrogen-bond donors (Lipinski definition) is 2. The van der Waals surface area contributed by atoms with Crippen LogP contribution in [0.4, 0.5) is 0 Å². The van der Waals surface area contributed by atoms with E-state index in [4.69, 9.17) is 0 Å². The van der Waals surface area contributed by atoms with Gasteiger partial charge in [0.05, 0.1) is 29.6 Å². The molecule has 116 valence electrons. The summed E-state index contributed by atoms with van der Waals surface area (Å²) in [5.74, 6) is -0.860. The van der Waals surface area contributed by atoms with Crippen LogP contribution in [-0.4, -0.2) is 31.2 Å². The van der Waals surface area contributed by atoms with E-state index in [-0.39, 0.29) is 23.5 Å². The van der Waals surface area contributed by atoms with Crippen molar-refractivity contribution in [3.05, 3.63) is 77.9 Å². The van der Waals surface area contributed by atoms with Crippen LogP contribution in [0.2, 0.25) is 0 Å². The summed E-state index contributed by atoms with van der Waals surface area (Å²) in [4.78, 5) is 25.2. The van der Waals surface area contributed by atoms with Crippen molar-refractivity contribution in [2.45, 2.75) is 6.61 Å². The maximum absolute atomic E-state index is 12.7. The van der Waals surface area contributed by atoms with Gasteiger partial charge in [-0.05, 0) is 30.3 Å². The van der Waals surface area contributed by atoms with Crippen LogP contribution in [0.5, 0.6) is 5.75 Å². The minimum absolute atomic E-state index is 0.0323. The van der Waals surface area contributed by atoms with Crippen molar-refractivity contribution in [1.82, 2.24) is 9.13 Å². The third-order valence-electron chi connectivity index (χ3n) is 3.51. The minimum Gasteiger partial charge on any atom is -0.506 e. The first-order valence-electron chi connectivity index (χ1n) is 6.94. The van der Waals surface area contributed by atoms with Gasteiger partial charge in [-0.1, -0.05) is 12.1 Å². The number of aromatic hydroxyl groups is 1. The Hall–Kier alpha value is -3.12. The summed E-state index contributed by atoms with van der Waals surface area (Å²) in [5.41, 5.74) is 0.873. The smallest absolute Gasteiger partial charge is 0.262 e. The van der Waals surface area contributed by atoms with E-state index in [0.717, 1.165) is 0 Å². The number of hydrogen-bond acceptors (Lipinski definition) is 4. The average Bonchev–Trinajstić information content (AvgIpc) is 3.22. The maximum atomic E-state index is 12.7. The molecular formula is C17H14N2O4. The summed E-state index contributed by atoms with van der Waals surface area (Å²) >= 11 is 0. The molecule has 0 saturated heterocycles. The van der Waals surface area contributed by atoms with Crippen molar-refractivity contribution in [3.63, 3.8) is 0 Å². The van der Waals surface area contributed by atoms with Gasteiger partial charge in [0.25, 0.3) is 11.8 Å². The Balaban J connectivity index is 2.04. The first-order valence-corrected chi connectivity index (χ1v) is 6.94. The molecule has 0 aliphatic rings. The highest BCUT2D eigenvalue weighted by Gasteiger charge is 2.20.